The summed E-state index contributed by atoms with van der Waals surface area (Å²) in [6, 6.07) is 12.1. The molecule has 2 aromatic carbocycles. The molecule has 0 amide bonds. The molecular formula is C13H9BrClFO. The van der Waals surface area contributed by atoms with Crippen LogP contribution in [-0.2, 0) is 6.61 Å². The Bertz CT molecular complexity index is 531. The monoisotopic (exact) mass is 314 g/mol. The lowest BCUT2D eigenvalue weighted by Gasteiger charge is -2.08. The van der Waals surface area contributed by atoms with Crippen LogP contribution in [0, 0.1) is 5.82 Å². The second kappa shape index (κ2) is 5.52. The van der Waals surface area contributed by atoms with Crippen LogP contribution in [0.15, 0.2) is 46.9 Å². The Balaban J connectivity index is 2.08. The van der Waals surface area contributed by atoms with E-state index in [1.807, 2.05) is 24.3 Å². The molecule has 88 valence electrons. The highest BCUT2D eigenvalue weighted by Gasteiger charge is 2.03. The fourth-order valence-electron chi connectivity index (χ4n) is 1.35. The van der Waals surface area contributed by atoms with E-state index in [9.17, 15) is 4.39 Å². The van der Waals surface area contributed by atoms with Gasteiger partial charge in [-0.05, 0) is 45.8 Å². The highest BCUT2D eigenvalue weighted by Crippen LogP contribution is 2.25. The molecule has 0 aliphatic rings. The van der Waals surface area contributed by atoms with Crippen LogP contribution >= 0.6 is 27.5 Å². The van der Waals surface area contributed by atoms with Crippen LogP contribution in [0.25, 0.3) is 0 Å². The van der Waals surface area contributed by atoms with Crippen LogP contribution in [0.4, 0.5) is 4.39 Å². The first kappa shape index (κ1) is 12.4. The first-order valence-electron chi connectivity index (χ1n) is 4.98. The van der Waals surface area contributed by atoms with E-state index < -0.39 is 5.82 Å². The van der Waals surface area contributed by atoms with E-state index in [-0.39, 0.29) is 5.02 Å². The van der Waals surface area contributed by atoms with Gasteiger partial charge in [0.15, 0.2) is 0 Å². The lowest BCUT2D eigenvalue weighted by molar-refractivity contribution is 0.303. The molecule has 0 aromatic heterocycles. The van der Waals surface area contributed by atoms with Crippen molar-refractivity contribution >= 4 is 27.5 Å². The minimum atomic E-state index is -0.431. The lowest BCUT2D eigenvalue weighted by atomic mass is 10.2. The summed E-state index contributed by atoms with van der Waals surface area (Å²) >= 11 is 8.98. The van der Waals surface area contributed by atoms with Crippen molar-refractivity contribution in [2.45, 2.75) is 6.61 Å². The van der Waals surface area contributed by atoms with E-state index in [4.69, 9.17) is 16.3 Å². The Labute approximate surface area is 112 Å². The van der Waals surface area contributed by atoms with Crippen molar-refractivity contribution in [2.75, 3.05) is 0 Å². The zero-order valence-electron chi connectivity index (χ0n) is 8.79. The van der Waals surface area contributed by atoms with Crippen LogP contribution in [-0.4, -0.2) is 0 Å². The van der Waals surface area contributed by atoms with E-state index in [2.05, 4.69) is 15.9 Å². The van der Waals surface area contributed by atoms with Gasteiger partial charge in [0, 0.05) is 0 Å². The molecule has 0 unspecified atom stereocenters. The van der Waals surface area contributed by atoms with Gasteiger partial charge in [0.25, 0.3) is 0 Å². The topological polar surface area (TPSA) is 9.23 Å². The largest absolute Gasteiger partial charge is 0.488 e. The third-order valence-corrected chi connectivity index (χ3v) is 3.18. The van der Waals surface area contributed by atoms with Gasteiger partial charge >= 0.3 is 0 Å². The summed E-state index contributed by atoms with van der Waals surface area (Å²) < 4.78 is 19.6. The zero-order valence-corrected chi connectivity index (χ0v) is 11.1. The molecule has 17 heavy (non-hydrogen) atoms. The summed E-state index contributed by atoms with van der Waals surface area (Å²) in [4.78, 5) is 0. The quantitative estimate of drug-likeness (QED) is 0.789. The average molecular weight is 316 g/mol. The second-order valence-electron chi connectivity index (χ2n) is 3.47. The third kappa shape index (κ3) is 3.20. The van der Waals surface area contributed by atoms with Crippen LogP contribution in [0.5, 0.6) is 5.75 Å². The van der Waals surface area contributed by atoms with Crippen LogP contribution < -0.4 is 4.74 Å². The van der Waals surface area contributed by atoms with Gasteiger partial charge in [-0.1, -0.05) is 29.8 Å². The minimum Gasteiger partial charge on any atom is -0.488 e. The zero-order chi connectivity index (χ0) is 12.3. The Morgan fingerprint density at radius 2 is 1.94 bits per heavy atom. The molecule has 0 bridgehead atoms. The van der Waals surface area contributed by atoms with Gasteiger partial charge < -0.3 is 4.74 Å². The number of rotatable bonds is 3. The van der Waals surface area contributed by atoms with Crippen molar-refractivity contribution in [1.82, 2.24) is 0 Å². The van der Waals surface area contributed by atoms with Crippen molar-refractivity contribution in [3.8, 4) is 5.75 Å². The smallest absolute Gasteiger partial charge is 0.142 e. The molecule has 4 heteroatoms. The molecule has 0 radical (unpaired) electrons. The van der Waals surface area contributed by atoms with Gasteiger partial charge in [0.1, 0.15) is 18.2 Å². The Morgan fingerprint density at radius 1 is 1.18 bits per heavy atom. The number of para-hydroxylation sites is 1. The van der Waals surface area contributed by atoms with Gasteiger partial charge in [-0.2, -0.15) is 0 Å². The minimum absolute atomic E-state index is 0.120. The number of benzene rings is 2. The number of hydrogen-bond acceptors (Lipinski definition) is 1. The first-order valence-corrected chi connectivity index (χ1v) is 6.15. The van der Waals surface area contributed by atoms with E-state index in [1.165, 1.54) is 12.1 Å². The summed E-state index contributed by atoms with van der Waals surface area (Å²) in [5, 5.41) is 0.120. The van der Waals surface area contributed by atoms with E-state index in [1.54, 1.807) is 6.07 Å². The van der Waals surface area contributed by atoms with Gasteiger partial charge in [-0.3, -0.25) is 0 Å². The SMILES string of the molecule is Fc1cc(COc2ccccc2Br)ccc1Cl. The molecule has 0 aliphatic heterocycles. The van der Waals surface area contributed by atoms with E-state index in [0.717, 1.165) is 15.8 Å². The summed E-state index contributed by atoms with van der Waals surface area (Å²) in [6.07, 6.45) is 0. The maximum atomic E-state index is 13.2. The third-order valence-electron chi connectivity index (χ3n) is 2.22. The first-order chi connectivity index (χ1) is 8.16. The molecule has 2 aromatic rings. The normalized spacial score (nSPS) is 10.3. The van der Waals surface area contributed by atoms with Crippen molar-refractivity contribution in [3.63, 3.8) is 0 Å². The van der Waals surface area contributed by atoms with E-state index in [0.29, 0.717) is 6.61 Å². The highest BCUT2D eigenvalue weighted by atomic mass is 79.9. The molecule has 2 rings (SSSR count). The van der Waals surface area contributed by atoms with Crippen molar-refractivity contribution in [3.05, 3.63) is 63.3 Å². The second-order valence-corrected chi connectivity index (χ2v) is 4.73. The van der Waals surface area contributed by atoms with Crippen LogP contribution in [0.3, 0.4) is 0 Å². The molecule has 0 saturated heterocycles. The van der Waals surface area contributed by atoms with Crippen LogP contribution in [0.1, 0.15) is 5.56 Å². The predicted molar refractivity (Wildman–Crippen MR) is 69.9 cm³/mol. The molecule has 0 heterocycles. The van der Waals surface area contributed by atoms with Gasteiger partial charge in [0.05, 0.1) is 9.50 Å². The molecule has 0 spiro atoms. The summed E-state index contributed by atoms with van der Waals surface area (Å²) in [7, 11) is 0. The molecule has 1 nitrogen and oxygen atoms in total. The summed E-state index contributed by atoms with van der Waals surface area (Å²) in [6.45, 7) is 0.302. The van der Waals surface area contributed by atoms with Crippen LogP contribution in [0.2, 0.25) is 5.02 Å². The Hall–Kier alpha value is -1.06. The number of hydrogen-bond donors (Lipinski definition) is 0. The van der Waals surface area contributed by atoms with Gasteiger partial charge in [0.2, 0.25) is 0 Å². The Morgan fingerprint density at radius 3 is 2.65 bits per heavy atom. The van der Waals surface area contributed by atoms with Gasteiger partial charge in [-0.25, -0.2) is 4.39 Å². The van der Waals surface area contributed by atoms with Crippen molar-refractivity contribution < 1.29 is 9.13 Å². The maximum Gasteiger partial charge on any atom is 0.142 e. The predicted octanol–water partition coefficient (Wildman–Crippen LogP) is 4.82. The molecule has 0 aliphatic carbocycles. The van der Waals surface area contributed by atoms with Gasteiger partial charge in [-0.15, -0.1) is 0 Å². The summed E-state index contributed by atoms with van der Waals surface area (Å²) in [5.41, 5.74) is 0.739. The maximum absolute atomic E-state index is 13.2. The van der Waals surface area contributed by atoms with Crippen molar-refractivity contribution in [2.24, 2.45) is 0 Å². The fourth-order valence-corrected chi connectivity index (χ4v) is 1.87. The highest BCUT2D eigenvalue weighted by molar-refractivity contribution is 9.10. The molecule has 0 atom stereocenters. The number of ether oxygens (including phenoxy) is 1. The molecule has 0 saturated carbocycles. The number of halogens is 3. The fraction of sp³-hybridized carbons (Fsp3) is 0.0769. The Kier molecular flexibility index (Phi) is 4.02. The molecule has 0 fully saturated rings. The average Bonchev–Trinajstić information content (AvgIpc) is 2.32. The standard InChI is InChI=1S/C13H9BrClFO/c14-10-3-1-2-4-13(10)17-8-9-5-6-11(15)12(16)7-9/h1-7H,8H2. The lowest BCUT2D eigenvalue weighted by Crippen LogP contribution is -1.96. The summed E-state index contributed by atoms with van der Waals surface area (Å²) in [5.74, 6) is 0.294. The van der Waals surface area contributed by atoms with E-state index >= 15 is 0 Å². The molecular weight excluding hydrogens is 306 g/mol. The molecule has 0 N–H and O–H groups in total. The van der Waals surface area contributed by atoms with Crippen molar-refractivity contribution in [1.29, 1.82) is 0 Å².